The van der Waals surface area contributed by atoms with Crippen LogP contribution in [0.4, 0.5) is 13.2 Å². The van der Waals surface area contributed by atoms with E-state index in [0.29, 0.717) is 25.6 Å². The van der Waals surface area contributed by atoms with E-state index in [9.17, 15) is 13.2 Å². The van der Waals surface area contributed by atoms with Gasteiger partial charge in [-0.15, -0.1) is 0 Å². The van der Waals surface area contributed by atoms with Gasteiger partial charge >= 0.3 is 6.18 Å². The molecule has 1 aliphatic rings. The van der Waals surface area contributed by atoms with Gasteiger partial charge in [0, 0.05) is 25.6 Å². The summed E-state index contributed by atoms with van der Waals surface area (Å²) in [7, 11) is 0. The van der Waals surface area contributed by atoms with E-state index in [1.54, 1.807) is 0 Å². The van der Waals surface area contributed by atoms with E-state index < -0.39 is 11.7 Å². The van der Waals surface area contributed by atoms with Gasteiger partial charge in [-0.05, 0) is 30.5 Å². The van der Waals surface area contributed by atoms with E-state index in [-0.39, 0.29) is 5.84 Å². The molecule has 0 unspecified atom stereocenters. The zero-order valence-electron chi connectivity index (χ0n) is 11.1. The quantitative estimate of drug-likeness (QED) is 0.623. The van der Waals surface area contributed by atoms with Gasteiger partial charge in [0.25, 0.3) is 0 Å². The van der Waals surface area contributed by atoms with Crippen molar-refractivity contribution < 1.29 is 13.2 Å². The Kier molecular flexibility index (Phi) is 4.32. The number of nitrogens with one attached hydrogen (secondary N) is 1. The maximum absolute atomic E-state index is 12.5. The number of nitrogens with zero attached hydrogens (tertiary/aromatic N) is 1. The fraction of sp³-hybridized carbons (Fsp3) is 0.500. The van der Waals surface area contributed by atoms with Crippen LogP contribution in [0.25, 0.3) is 0 Å². The van der Waals surface area contributed by atoms with Crippen LogP contribution in [0, 0.1) is 5.41 Å². The molecule has 0 aliphatic heterocycles. The summed E-state index contributed by atoms with van der Waals surface area (Å²) in [6.07, 6.45) is -1.57. The number of rotatable bonds is 6. The predicted molar refractivity (Wildman–Crippen MR) is 71.4 cm³/mol. The van der Waals surface area contributed by atoms with E-state index in [1.165, 1.54) is 12.1 Å². The van der Waals surface area contributed by atoms with E-state index in [2.05, 4.69) is 4.90 Å². The predicted octanol–water partition coefficient (Wildman–Crippen LogP) is 3.00. The molecule has 0 heterocycles. The van der Waals surface area contributed by atoms with Crippen molar-refractivity contribution >= 4 is 5.84 Å². The molecule has 1 fully saturated rings. The maximum atomic E-state index is 12.5. The van der Waals surface area contributed by atoms with Gasteiger partial charge < -0.3 is 5.73 Å². The molecule has 6 heteroatoms. The largest absolute Gasteiger partial charge is 0.416 e. The van der Waals surface area contributed by atoms with Crippen LogP contribution in [0.15, 0.2) is 24.3 Å². The Balaban J connectivity index is 1.98. The summed E-state index contributed by atoms with van der Waals surface area (Å²) in [5.74, 6) is 0.142. The maximum Gasteiger partial charge on any atom is 0.416 e. The fourth-order valence-corrected chi connectivity index (χ4v) is 2.13. The smallest absolute Gasteiger partial charge is 0.388 e. The van der Waals surface area contributed by atoms with Crippen LogP contribution >= 0.6 is 0 Å². The summed E-state index contributed by atoms with van der Waals surface area (Å²) in [4.78, 5) is 2.18. The zero-order valence-corrected chi connectivity index (χ0v) is 11.1. The van der Waals surface area contributed by atoms with Crippen LogP contribution in [0.3, 0.4) is 0 Å². The third kappa shape index (κ3) is 4.23. The van der Waals surface area contributed by atoms with Crippen LogP contribution in [0.1, 0.15) is 30.4 Å². The molecule has 20 heavy (non-hydrogen) atoms. The first-order valence-corrected chi connectivity index (χ1v) is 6.59. The zero-order chi connectivity index (χ0) is 14.8. The van der Waals surface area contributed by atoms with E-state index in [0.717, 1.165) is 30.5 Å². The van der Waals surface area contributed by atoms with Gasteiger partial charge in [0.2, 0.25) is 0 Å². The monoisotopic (exact) mass is 285 g/mol. The second kappa shape index (κ2) is 5.83. The van der Waals surface area contributed by atoms with Crippen molar-refractivity contribution in [2.45, 2.75) is 38.0 Å². The molecule has 0 atom stereocenters. The highest BCUT2D eigenvalue weighted by molar-refractivity contribution is 5.76. The lowest BCUT2D eigenvalue weighted by Gasteiger charge is -2.22. The summed E-state index contributed by atoms with van der Waals surface area (Å²) in [5.41, 5.74) is 5.59. The normalized spacial score (nSPS) is 15.6. The lowest BCUT2D eigenvalue weighted by molar-refractivity contribution is -0.137. The average molecular weight is 285 g/mol. The van der Waals surface area contributed by atoms with Crippen LogP contribution in [-0.2, 0) is 12.7 Å². The first-order chi connectivity index (χ1) is 9.36. The van der Waals surface area contributed by atoms with Gasteiger partial charge in [-0.3, -0.25) is 10.3 Å². The Morgan fingerprint density at radius 3 is 2.30 bits per heavy atom. The van der Waals surface area contributed by atoms with Crippen molar-refractivity contribution in [3.8, 4) is 0 Å². The van der Waals surface area contributed by atoms with Crippen molar-refractivity contribution in [2.24, 2.45) is 5.73 Å². The Labute approximate surface area is 116 Å². The molecule has 0 radical (unpaired) electrons. The third-order valence-electron chi connectivity index (χ3n) is 3.40. The fourth-order valence-electron chi connectivity index (χ4n) is 2.13. The second-order valence-corrected chi connectivity index (χ2v) is 5.17. The van der Waals surface area contributed by atoms with E-state index in [4.69, 9.17) is 11.1 Å². The highest BCUT2D eigenvalue weighted by Gasteiger charge is 2.31. The Hall–Kier alpha value is -1.56. The van der Waals surface area contributed by atoms with Crippen molar-refractivity contribution in [3.63, 3.8) is 0 Å². The van der Waals surface area contributed by atoms with Crippen LogP contribution in [0.5, 0.6) is 0 Å². The first kappa shape index (κ1) is 14.8. The number of hydrogen-bond acceptors (Lipinski definition) is 2. The lowest BCUT2D eigenvalue weighted by atomic mass is 10.1. The molecule has 1 aromatic rings. The van der Waals surface area contributed by atoms with Crippen LogP contribution < -0.4 is 5.73 Å². The Bertz CT molecular complexity index is 464. The molecule has 3 nitrogen and oxygen atoms in total. The molecule has 0 aromatic heterocycles. The molecule has 0 spiro atoms. The van der Waals surface area contributed by atoms with Crippen molar-refractivity contribution in [2.75, 3.05) is 6.54 Å². The molecule has 0 saturated heterocycles. The van der Waals surface area contributed by atoms with Gasteiger partial charge in [0.05, 0.1) is 11.4 Å². The van der Waals surface area contributed by atoms with Gasteiger partial charge in [-0.1, -0.05) is 12.1 Å². The molecule has 0 bridgehead atoms. The summed E-state index contributed by atoms with van der Waals surface area (Å²) >= 11 is 0. The molecule has 0 amide bonds. The molecule has 1 saturated carbocycles. The van der Waals surface area contributed by atoms with Gasteiger partial charge in [0.1, 0.15) is 0 Å². The highest BCUT2D eigenvalue weighted by atomic mass is 19.4. The standard InChI is InChI=1S/C14H18F3N3/c15-14(16,17)11-3-1-10(2-4-11)9-20(12-5-6-12)8-7-13(18)19/h1-4,12H,5-9H2,(H3,18,19). The summed E-state index contributed by atoms with van der Waals surface area (Å²) in [6.45, 7) is 1.29. The Morgan fingerprint density at radius 2 is 1.85 bits per heavy atom. The minimum atomic E-state index is -4.29. The number of benzene rings is 1. The topological polar surface area (TPSA) is 53.1 Å². The minimum absolute atomic E-state index is 0.142. The second-order valence-electron chi connectivity index (χ2n) is 5.17. The minimum Gasteiger partial charge on any atom is -0.388 e. The van der Waals surface area contributed by atoms with Gasteiger partial charge in [-0.25, -0.2) is 0 Å². The number of alkyl halides is 3. The lowest BCUT2D eigenvalue weighted by Crippen LogP contribution is -2.29. The summed E-state index contributed by atoms with van der Waals surface area (Å²) in [6, 6.07) is 5.76. The molecular formula is C14H18F3N3. The molecule has 1 aromatic carbocycles. The van der Waals surface area contributed by atoms with Gasteiger partial charge in [-0.2, -0.15) is 13.2 Å². The third-order valence-corrected chi connectivity index (χ3v) is 3.40. The average Bonchev–Trinajstić information content (AvgIpc) is 3.18. The number of hydrogen-bond donors (Lipinski definition) is 2. The van der Waals surface area contributed by atoms with E-state index in [1.807, 2.05) is 0 Å². The summed E-state index contributed by atoms with van der Waals surface area (Å²) < 4.78 is 37.4. The van der Waals surface area contributed by atoms with Crippen molar-refractivity contribution in [1.29, 1.82) is 5.41 Å². The molecule has 3 N–H and O–H groups in total. The van der Waals surface area contributed by atoms with Gasteiger partial charge in [0.15, 0.2) is 0 Å². The Morgan fingerprint density at radius 1 is 1.25 bits per heavy atom. The highest BCUT2D eigenvalue weighted by Crippen LogP contribution is 2.31. The van der Waals surface area contributed by atoms with Crippen molar-refractivity contribution in [1.82, 2.24) is 4.90 Å². The number of nitrogens with two attached hydrogens (primary N) is 1. The molecule has 110 valence electrons. The molecule has 1 aliphatic carbocycles. The number of amidine groups is 1. The van der Waals surface area contributed by atoms with Crippen LogP contribution in [0.2, 0.25) is 0 Å². The van der Waals surface area contributed by atoms with Crippen molar-refractivity contribution in [3.05, 3.63) is 35.4 Å². The summed E-state index contributed by atoms with van der Waals surface area (Å²) in [5, 5.41) is 7.25. The molecular weight excluding hydrogens is 267 g/mol. The number of halogens is 3. The molecule has 2 rings (SSSR count). The van der Waals surface area contributed by atoms with E-state index >= 15 is 0 Å². The first-order valence-electron chi connectivity index (χ1n) is 6.59. The van der Waals surface area contributed by atoms with Crippen LogP contribution in [-0.4, -0.2) is 23.3 Å². The SMILES string of the molecule is N=C(N)CCN(Cc1ccc(C(F)(F)F)cc1)C1CC1.